The number of nitrogens with one attached hydrogen (secondary N) is 1. The van der Waals surface area contributed by atoms with Gasteiger partial charge in [0.15, 0.2) is 0 Å². The average molecular weight is 358 g/mol. The van der Waals surface area contributed by atoms with Gasteiger partial charge in [-0.3, -0.25) is 9.78 Å². The summed E-state index contributed by atoms with van der Waals surface area (Å²) in [5.41, 5.74) is 3.70. The highest BCUT2D eigenvalue weighted by Gasteiger charge is 2.09. The maximum absolute atomic E-state index is 12.1. The number of carbonyl (C=O) groups excluding carboxylic acids is 1. The van der Waals surface area contributed by atoms with Crippen molar-refractivity contribution in [2.24, 2.45) is 0 Å². The average Bonchev–Trinajstić information content (AvgIpc) is 3.06. The van der Waals surface area contributed by atoms with Crippen molar-refractivity contribution in [1.82, 2.24) is 9.97 Å². The first-order valence-electron chi connectivity index (χ1n) is 7.52. The van der Waals surface area contributed by atoms with E-state index in [4.69, 9.17) is 11.6 Å². The lowest BCUT2D eigenvalue weighted by atomic mass is 10.2. The lowest BCUT2D eigenvalue weighted by molar-refractivity contribution is -0.116. The highest BCUT2D eigenvalue weighted by molar-refractivity contribution is 7.13. The molecule has 122 valence electrons. The maximum Gasteiger partial charge on any atom is 0.224 e. The molecule has 2 aromatic heterocycles. The summed E-state index contributed by atoms with van der Waals surface area (Å²) in [5.74, 6) is -0.0428. The number of pyridine rings is 1. The van der Waals surface area contributed by atoms with E-state index < -0.39 is 0 Å². The Morgan fingerprint density at radius 2 is 2.04 bits per heavy atom. The molecule has 0 atom stereocenters. The van der Waals surface area contributed by atoms with E-state index in [0.29, 0.717) is 17.9 Å². The SMILES string of the molecule is Cc1ccc(Cl)cc1NC(=O)CCc1csc(-c2ccncc2)n1. The van der Waals surface area contributed by atoms with Gasteiger partial charge in [-0.1, -0.05) is 17.7 Å². The van der Waals surface area contributed by atoms with Crippen LogP contribution in [0.2, 0.25) is 5.02 Å². The van der Waals surface area contributed by atoms with E-state index >= 15 is 0 Å². The first-order chi connectivity index (χ1) is 11.6. The van der Waals surface area contributed by atoms with E-state index in [1.165, 1.54) is 0 Å². The lowest BCUT2D eigenvalue weighted by Gasteiger charge is -2.08. The maximum atomic E-state index is 12.1. The summed E-state index contributed by atoms with van der Waals surface area (Å²) in [4.78, 5) is 20.7. The molecule has 3 aromatic rings. The van der Waals surface area contributed by atoms with Crippen molar-refractivity contribution in [1.29, 1.82) is 0 Å². The van der Waals surface area contributed by atoms with Crippen molar-refractivity contribution in [2.45, 2.75) is 19.8 Å². The van der Waals surface area contributed by atoms with Crippen molar-refractivity contribution in [3.63, 3.8) is 0 Å². The first kappa shape index (κ1) is 16.6. The third-order valence-electron chi connectivity index (χ3n) is 3.56. The number of hydrogen-bond donors (Lipinski definition) is 1. The molecule has 1 amide bonds. The minimum Gasteiger partial charge on any atom is -0.326 e. The normalized spacial score (nSPS) is 10.6. The Kier molecular flexibility index (Phi) is 5.23. The summed E-state index contributed by atoms with van der Waals surface area (Å²) in [6, 6.07) is 9.31. The van der Waals surface area contributed by atoms with Gasteiger partial charge in [0, 0.05) is 40.5 Å². The summed E-state index contributed by atoms with van der Waals surface area (Å²) in [6.45, 7) is 1.94. The number of anilines is 1. The third kappa shape index (κ3) is 4.19. The zero-order chi connectivity index (χ0) is 16.9. The number of thiazole rings is 1. The van der Waals surface area contributed by atoms with Gasteiger partial charge in [-0.15, -0.1) is 11.3 Å². The van der Waals surface area contributed by atoms with Crippen LogP contribution < -0.4 is 5.32 Å². The van der Waals surface area contributed by atoms with Crippen molar-refractivity contribution >= 4 is 34.5 Å². The molecule has 0 spiro atoms. The summed E-state index contributed by atoms with van der Waals surface area (Å²) in [6.07, 6.45) is 4.48. The Labute approximate surface area is 149 Å². The van der Waals surface area contributed by atoms with Crippen LogP contribution in [-0.4, -0.2) is 15.9 Å². The Hall–Kier alpha value is -2.24. The number of carbonyl (C=O) groups is 1. The Balaban J connectivity index is 1.59. The van der Waals surface area contributed by atoms with E-state index in [1.54, 1.807) is 29.8 Å². The van der Waals surface area contributed by atoms with Crippen LogP contribution in [0.5, 0.6) is 0 Å². The zero-order valence-corrected chi connectivity index (χ0v) is 14.7. The van der Waals surface area contributed by atoms with Crippen molar-refractivity contribution in [3.8, 4) is 10.6 Å². The highest BCUT2D eigenvalue weighted by Crippen LogP contribution is 2.24. The predicted molar refractivity (Wildman–Crippen MR) is 98.5 cm³/mol. The van der Waals surface area contributed by atoms with Gasteiger partial charge in [0.25, 0.3) is 0 Å². The summed E-state index contributed by atoms with van der Waals surface area (Å²) in [7, 11) is 0. The fraction of sp³-hybridized carbons (Fsp3) is 0.167. The Morgan fingerprint density at radius 3 is 2.83 bits per heavy atom. The minimum atomic E-state index is -0.0428. The minimum absolute atomic E-state index is 0.0428. The summed E-state index contributed by atoms with van der Waals surface area (Å²) < 4.78 is 0. The van der Waals surface area contributed by atoms with Crippen LogP contribution in [0.1, 0.15) is 17.7 Å². The van der Waals surface area contributed by atoms with Crippen LogP contribution in [0.15, 0.2) is 48.1 Å². The second-order valence-corrected chi connectivity index (χ2v) is 6.68. The Morgan fingerprint density at radius 1 is 1.25 bits per heavy atom. The van der Waals surface area contributed by atoms with Gasteiger partial charge in [-0.25, -0.2) is 4.98 Å². The molecule has 0 fully saturated rings. The van der Waals surface area contributed by atoms with Crippen LogP contribution in [-0.2, 0) is 11.2 Å². The molecule has 0 aliphatic rings. The molecule has 1 N–H and O–H groups in total. The van der Waals surface area contributed by atoms with E-state index in [9.17, 15) is 4.79 Å². The molecular formula is C18H16ClN3OS. The van der Waals surface area contributed by atoms with Crippen molar-refractivity contribution < 1.29 is 4.79 Å². The first-order valence-corrected chi connectivity index (χ1v) is 8.78. The number of benzene rings is 1. The molecule has 0 aliphatic carbocycles. The van der Waals surface area contributed by atoms with E-state index in [0.717, 1.165) is 27.5 Å². The third-order valence-corrected chi connectivity index (χ3v) is 4.74. The highest BCUT2D eigenvalue weighted by atomic mass is 35.5. The van der Waals surface area contributed by atoms with Crippen molar-refractivity contribution in [3.05, 3.63) is 64.4 Å². The van der Waals surface area contributed by atoms with Crippen LogP contribution >= 0.6 is 22.9 Å². The molecule has 1 aromatic carbocycles. The van der Waals surface area contributed by atoms with Gasteiger partial charge >= 0.3 is 0 Å². The van der Waals surface area contributed by atoms with Gasteiger partial charge in [0.05, 0.1) is 5.69 Å². The lowest BCUT2D eigenvalue weighted by Crippen LogP contribution is -2.13. The number of hydrogen-bond acceptors (Lipinski definition) is 4. The monoisotopic (exact) mass is 357 g/mol. The second kappa shape index (κ2) is 7.55. The number of halogens is 1. The Bertz CT molecular complexity index is 848. The smallest absolute Gasteiger partial charge is 0.224 e. The molecule has 0 aliphatic heterocycles. The fourth-order valence-corrected chi connectivity index (χ4v) is 3.26. The van der Waals surface area contributed by atoms with Crippen LogP contribution in [0.4, 0.5) is 5.69 Å². The van der Waals surface area contributed by atoms with E-state index in [2.05, 4.69) is 15.3 Å². The predicted octanol–water partition coefficient (Wildman–Crippen LogP) is 4.74. The molecule has 0 radical (unpaired) electrons. The molecule has 0 bridgehead atoms. The van der Waals surface area contributed by atoms with Gasteiger partial charge in [0.1, 0.15) is 5.01 Å². The summed E-state index contributed by atoms with van der Waals surface area (Å²) >= 11 is 7.54. The molecule has 0 saturated heterocycles. The van der Waals surface area contributed by atoms with Crippen LogP contribution in [0.3, 0.4) is 0 Å². The number of aryl methyl sites for hydroxylation is 2. The molecule has 3 rings (SSSR count). The van der Waals surface area contributed by atoms with Crippen LogP contribution in [0, 0.1) is 6.92 Å². The fourth-order valence-electron chi connectivity index (χ4n) is 2.23. The summed E-state index contributed by atoms with van der Waals surface area (Å²) in [5, 5.41) is 6.45. The number of nitrogens with zero attached hydrogens (tertiary/aromatic N) is 2. The second-order valence-electron chi connectivity index (χ2n) is 5.39. The van der Waals surface area contributed by atoms with Gasteiger partial charge in [-0.05, 0) is 43.2 Å². The number of aromatic nitrogens is 2. The quantitative estimate of drug-likeness (QED) is 0.717. The molecule has 24 heavy (non-hydrogen) atoms. The standard InChI is InChI=1S/C18H16ClN3OS/c1-12-2-3-14(19)10-16(12)22-17(23)5-4-15-11-24-18(21-15)13-6-8-20-9-7-13/h2-3,6-11H,4-5H2,1H3,(H,22,23). The molecule has 2 heterocycles. The molecule has 4 nitrogen and oxygen atoms in total. The van der Waals surface area contributed by atoms with E-state index in [-0.39, 0.29) is 5.91 Å². The largest absolute Gasteiger partial charge is 0.326 e. The van der Waals surface area contributed by atoms with Gasteiger partial charge < -0.3 is 5.32 Å². The topological polar surface area (TPSA) is 54.9 Å². The van der Waals surface area contributed by atoms with Crippen LogP contribution in [0.25, 0.3) is 10.6 Å². The molecule has 6 heteroatoms. The van der Waals surface area contributed by atoms with Gasteiger partial charge in [0.2, 0.25) is 5.91 Å². The van der Waals surface area contributed by atoms with Gasteiger partial charge in [-0.2, -0.15) is 0 Å². The molecule has 0 unspecified atom stereocenters. The molecule has 0 saturated carbocycles. The molecular weight excluding hydrogens is 342 g/mol. The zero-order valence-electron chi connectivity index (χ0n) is 13.1. The van der Waals surface area contributed by atoms with E-state index in [1.807, 2.05) is 36.6 Å². The number of amides is 1. The van der Waals surface area contributed by atoms with Crippen molar-refractivity contribution in [2.75, 3.05) is 5.32 Å². The number of rotatable bonds is 5.